The van der Waals surface area contributed by atoms with Crippen LogP contribution in [-0.4, -0.2) is 55.7 Å². The third kappa shape index (κ3) is 4.76. The molecule has 2 atom stereocenters. The minimum atomic E-state index is -0.441. The molecule has 23 heavy (non-hydrogen) atoms. The number of likely N-dealkylation sites (tertiary alicyclic amines) is 1. The Kier molecular flexibility index (Phi) is 6.52. The number of hydrogen-bond acceptors (Lipinski definition) is 4. The Morgan fingerprint density at radius 2 is 2.09 bits per heavy atom. The topological polar surface area (TPSA) is 58.6 Å². The summed E-state index contributed by atoms with van der Waals surface area (Å²) < 4.78 is 17.7. The van der Waals surface area contributed by atoms with E-state index < -0.39 is 12.6 Å². The summed E-state index contributed by atoms with van der Waals surface area (Å²) >= 11 is 0. The summed E-state index contributed by atoms with van der Waals surface area (Å²) in [6.45, 7) is 3.02. The Morgan fingerprint density at radius 3 is 2.74 bits per heavy atom. The fourth-order valence-electron chi connectivity index (χ4n) is 2.86. The number of nitrogens with zero attached hydrogens (tertiary/aromatic N) is 1. The van der Waals surface area contributed by atoms with Crippen LogP contribution in [0.3, 0.4) is 0 Å². The maximum absolute atomic E-state index is 12.6. The van der Waals surface area contributed by atoms with Gasteiger partial charge in [0.25, 0.3) is 5.91 Å². The smallest absolute Gasteiger partial charge is 0.311 e. The number of esters is 1. The summed E-state index contributed by atoms with van der Waals surface area (Å²) in [5, 5.41) is 2.91. The van der Waals surface area contributed by atoms with Gasteiger partial charge in [0.15, 0.2) is 0 Å². The second kappa shape index (κ2) is 8.62. The zero-order valence-electron chi connectivity index (χ0n) is 13.3. The van der Waals surface area contributed by atoms with Gasteiger partial charge in [0.05, 0.1) is 18.6 Å². The lowest BCUT2D eigenvalue weighted by atomic mass is 9.91. The Balaban J connectivity index is 2.07. The first kappa shape index (κ1) is 17.4. The quantitative estimate of drug-likeness (QED) is 0.809. The largest absolute Gasteiger partial charge is 0.466 e. The number of ether oxygens (including phenoxy) is 1. The van der Waals surface area contributed by atoms with Crippen LogP contribution >= 0.6 is 0 Å². The monoisotopic (exact) mass is 322 g/mol. The highest BCUT2D eigenvalue weighted by Crippen LogP contribution is 2.20. The molecule has 0 saturated carbocycles. The lowest BCUT2D eigenvalue weighted by Gasteiger charge is -2.37. The van der Waals surface area contributed by atoms with Crippen molar-refractivity contribution in [1.82, 2.24) is 10.2 Å². The summed E-state index contributed by atoms with van der Waals surface area (Å²) in [4.78, 5) is 26.4. The molecule has 0 bridgehead atoms. The molecule has 2 rings (SSSR count). The molecular weight excluding hydrogens is 299 g/mol. The van der Waals surface area contributed by atoms with E-state index in [1.807, 2.05) is 11.0 Å². The van der Waals surface area contributed by atoms with E-state index in [0.29, 0.717) is 38.2 Å². The third-order valence-corrected chi connectivity index (χ3v) is 4.04. The van der Waals surface area contributed by atoms with Crippen LogP contribution in [0.25, 0.3) is 0 Å². The van der Waals surface area contributed by atoms with Crippen molar-refractivity contribution in [1.29, 1.82) is 0 Å². The predicted octanol–water partition coefficient (Wildman–Crippen LogP) is 1.64. The molecule has 1 amide bonds. The van der Waals surface area contributed by atoms with Crippen LogP contribution in [0.4, 0.5) is 4.39 Å². The molecule has 0 radical (unpaired) electrons. The second-order valence-corrected chi connectivity index (χ2v) is 5.58. The van der Waals surface area contributed by atoms with Gasteiger partial charge in [-0.2, -0.15) is 0 Å². The first-order chi connectivity index (χ1) is 11.2. The van der Waals surface area contributed by atoms with Gasteiger partial charge >= 0.3 is 5.97 Å². The van der Waals surface area contributed by atoms with E-state index in [1.165, 1.54) is 0 Å². The number of halogens is 1. The molecular formula is C17H23FN2O3. The zero-order valence-corrected chi connectivity index (χ0v) is 13.3. The highest BCUT2D eigenvalue weighted by atomic mass is 19.1. The van der Waals surface area contributed by atoms with Crippen molar-refractivity contribution in [2.75, 3.05) is 32.9 Å². The summed E-state index contributed by atoms with van der Waals surface area (Å²) in [5.41, 5.74) is 0.540. The SMILES string of the molecule is CCOC(=O)[C@@H]1CCN(CCF)C[C@@H]1NC(=O)c1ccccc1. The zero-order chi connectivity index (χ0) is 16.7. The maximum atomic E-state index is 12.6. The van der Waals surface area contributed by atoms with Crippen molar-refractivity contribution < 1.29 is 18.7 Å². The van der Waals surface area contributed by atoms with Gasteiger partial charge < -0.3 is 10.1 Å². The summed E-state index contributed by atoms with van der Waals surface area (Å²) in [5.74, 6) is -0.920. The number of carbonyl (C=O) groups is 2. The van der Waals surface area contributed by atoms with Crippen molar-refractivity contribution in [3.05, 3.63) is 35.9 Å². The van der Waals surface area contributed by atoms with E-state index in [9.17, 15) is 14.0 Å². The van der Waals surface area contributed by atoms with Gasteiger partial charge in [-0.1, -0.05) is 18.2 Å². The molecule has 1 N–H and O–H groups in total. The van der Waals surface area contributed by atoms with Crippen molar-refractivity contribution >= 4 is 11.9 Å². The number of rotatable bonds is 6. The van der Waals surface area contributed by atoms with Crippen LogP contribution in [0.15, 0.2) is 30.3 Å². The molecule has 1 aromatic carbocycles. The molecule has 0 unspecified atom stereocenters. The van der Waals surface area contributed by atoms with Crippen LogP contribution in [0.1, 0.15) is 23.7 Å². The van der Waals surface area contributed by atoms with Crippen molar-refractivity contribution in [2.45, 2.75) is 19.4 Å². The average molecular weight is 322 g/mol. The summed E-state index contributed by atoms with van der Waals surface area (Å²) in [6.07, 6.45) is 0.554. The van der Waals surface area contributed by atoms with Gasteiger partial charge in [-0.05, 0) is 32.0 Å². The van der Waals surface area contributed by atoms with Crippen molar-refractivity contribution in [3.63, 3.8) is 0 Å². The first-order valence-corrected chi connectivity index (χ1v) is 7.96. The molecule has 5 nitrogen and oxygen atoms in total. The molecule has 0 aromatic heterocycles. The molecule has 1 saturated heterocycles. The molecule has 126 valence electrons. The van der Waals surface area contributed by atoms with Gasteiger partial charge in [0.2, 0.25) is 0 Å². The molecule has 1 heterocycles. The fraction of sp³-hybridized carbons (Fsp3) is 0.529. The standard InChI is InChI=1S/C17H23FN2O3/c1-2-23-17(22)14-8-10-20(11-9-18)12-15(14)19-16(21)13-6-4-3-5-7-13/h3-7,14-15H,2,8-12H2,1H3,(H,19,21)/t14-,15+/m1/s1. The molecule has 6 heteroatoms. The van der Waals surface area contributed by atoms with Gasteiger partial charge in [-0.25, -0.2) is 4.39 Å². The number of benzene rings is 1. The Morgan fingerprint density at radius 1 is 1.35 bits per heavy atom. The normalized spacial score (nSPS) is 21.7. The lowest BCUT2D eigenvalue weighted by molar-refractivity contribution is -0.150. The minimum absolute atomic E-state index is 0.230. The Labute approximate surface area is 135 Å². The maximum Gasteiger partial charge on any atom is 0.311 e. The number of piperidine rings is 1. The van der Waals surface area contributed by atoms with E-state index in [4.69, 9.17) is 4.74 Å². The van der Waals surface area contributed by atoms with E-state index in [0.717, 1.165) is 0 Å². The predicted molar refractivity (Wildman–Crippen MR) is 84.9 cm³/mol. The average Bonchev–Trinajstić information content (AvgIpc) is 2.56. The first-order valence-electron chi connectivity index (χ1n) is 7.96. The second-order valence-electron chi connectivity index (χ2n) is 5.58. The van der Waals surface area contributed by atoms with E-state index >= 15 is 0 Å². The van der Waals surface area contributed by atoms with E-state index in [1.54, 1.807) is 31.2 Å². The van der Waals surface area contributed by atoms with Crippen molar-refractivity contribution in [2.24, 2.45) is 5.92 Å². The van der Waals surface area contributed by atoms with Gasteiger partial charge in [0, 0.05) is 18.7 Å². The van der Waals surface area contributed by atoms with Gasteiger partial charge in [0.1, 0.15) is 6.67 Å². The molecule has 1 aromatic rings. The number of alkyl halides is 1. The van der Waals surface area contributed by atoms with Crippen LogP contribution in [0, 0.1) is 5.92 Å². The van der Waals surface area contributed by atoms with Crippen molar-refractivity contribution in [3.8, 4) is 0 Å². The van der Waals surface area contributed by atoms with Crippen LogP contribution in [0.2, 0.25) is 0 Å². The molecule has 1 fully saturated rings. The number of hydrogen-bond donors (Lipinski definition) is 1. The Hall–Kier alpha value is -1.95. The van der Waals surface area contributed by atoms with E-state index in [2.05, 4.69) is 5.32 Å². The molecule has 0 spiro atoms. The van der Waals surface area contributed by atoms with Crippen LogP contribution < -0.4 is 5.32 Å². The molecule has 1 aliphatic rings. The molecule has 0 aliphatic carbocycles. The van der Waals surface area contributed by atoms with Crippen LogP contribution in [-0.2, 0) is 9.53 Å². The number of amides is 1. The van der Waals surface area contributed by atoms with Crippen LogP contribution in [0.5, 0.6) is 0 Å². The minimum Gasteiger partial charge on any atom is -0.466 e. The summed E-state index contributed by atoms with van der Waals surface area (Å²) in [6, 6.07) is 8.47. The van der Waals surface area contributed by atoms with Gasteiger partial charge in [-0.3, -0.25) is 14.5 Å². The lowest BCUT2D eigenvalue weighted by Crippen LogP contribution is -2.55. The fourth-order valence-corrected chi connectivity index (χ4v) is 2.86. The number of nitrogens with one attached hydrogen (secondary N) is 1. The third-order valence-electron chi connectivity index (χ3n) is 4.04. The number of carbonyl (C=O) groups excluding carboxylic acids is 2. The summed E-state index contributed by atoms with van der Waals surface area (Å²) in [7, 11) is 0. The highest BCUT2D eigenvalue weighted by molar-refractivity contribution is 5.94. The molecule has 1 aliphatic heterocycles. The van der Waals surface area contributed by atoms with E-state index in [-0.39, 0.29) is 17.9 Å². The Bertz CT molecular complexity index is 524. The van der Waals surface area contributed by atoms with Gasteiger partial charge in [-0.15, -0.1) is 0 Å². The highest BCUT2D eigenvalue weighted by Gasteiger charge is 2.36.